The molecule has 0 rings (SSSR count). The lowest BCUT2D eigenvalue weighted by Crippen LogP contribution is -2.11. The van der Waals surface area contributed by atoms with Gasteiger partial charge in [0.2, 0.25) is 5.90 Å². The molecule has 0 unspecified atom stereocenters. The molecule has 0 radical (unpaired) electrons. The minimum Gasteiger partial charge on any atom is -0.480 e. The highest BCUT2D eigenvalue weighted by Gasteiger charge is 1.96. The van der Waals surface area contributed by atoms with Crippen molar-refractivity contribution >= 4 is 11.6 Å². The lowest BCUT2D eigenvalue weighted by molar-refractivity contribution is 0.409. The van der Waals surface area contributed by atoms with Crippen molar-refractivity contribution in [2.45, 2.75) is 13.8 Å². The van der Waals surface area contributed by atoms with Crippen molar-refractivity contribution in [1.82, 2.24) is 0 Å². The standard InChI is InChI=1S/C6H12N2O/c1-4-8-6(9-3)5(2)7/h7H,4H2,1-3H3/b7-5?,8-6+. The molecule has 0 aromatic carbocycles. The minimum absolute atomic E-state index is 0.374. The van der Waals surface area contributed by atoms with Crippen LogP contribution < -0.4 is 0 Å². The molecule has 0 spiro atoms. The van der Waals surface area contributed by atoms with Crippen LogP contribution in [-0.2, 0) is 4.74 Å². The van der Waals surface area contributed by atoms with Crippen molar-refractivity contribution in [3.63, 3.8) is 0 Å². The average molecular weight is 128 g/mol. The first-order valence-electron chi connectivity index (χ1n) is 2.86. The monoisotopic (exact) mass is 128 g/mol. The molecular weight excluding hydrogens is 116 g/mol. The van der Waals surface area contributed by atoms with E-state index >= 15 is 0 Å². The van der Waals surface area contributed by atoms with Crippen molar-refractivity contribution in [2.75, 3.05) is 13.7 Å². The summed E-state index contributed by atoms with van der Waals surface area (Å²) >= 11 is 0. The topological polar surface area (TPSA) is 45.4 Å². The van der Waals surface area contributed by atoms with E-state index in [-0.39, 0.29) is 0 Å². The summed E-state index contributed by atoms with van der Waals surface area (Å²) in [6, 6.07) is 0. The Morgan fingerprint density at radius 3 is 2.33 bits per heavy atom. The highest BCUT2D eigenvalue weighted by molar-refractivity contribution is 6.36. The molecule has 0 atom stereocenters. The normalized spacial score (nSPS) is 11.2. The van der Waals surface area contributed by atoms with Gasteiger partial charge in [0.1, 0.15) is 0 Å². The van der Waals surface area contributed by atoms with Gasteiger partial charge in [0.25, 0.3) is 0 Å². The Morgan fingerprint density at radius 1 is 1.67 bits per heavy atom. The Kier molecular flexibility index (Phi) is 3.67. The Labute approximate surface area is 55.3 Å². The van der Waals surface area contributed by atoms with E-state index in [1.54, 1.807) is 6.92 Å². The predicted molar refractivity (Wildman–Crippen MR) is 38.4 cm³/mol. The van der Waals surface area contributed by atoms with Crippen LogP contribution >= 0.6 is 0 Å². The summed E-state index contributed by atoms with van der Waals surface area (Å²) in [5.74, 6) is 0.428. The summed E-state index contributed by atoms with van der Waals surface area (Å²) in [5.41, 5.74) is 0.374. The lowest BCUT2D eigenvalue weighted by atomic mass is 10.4. The minimum atomic E-state index is 0.374. The van der Waals surface area contributed by atoms with Gasteiger partial charge in [0.05, 0.1) is 12.8 Å². The first-order valence-corrected chi connectivity index (χ1v) is 2.86. The smallest absolute Gasteiger partial charge is 0.229 e. The summed E-state index contributed by atoms with van der Waals surface area (Å²) in [6.07, 6.45) is 0. The van der Waals surface area contributed by atoms with E-state index in [4.69, 9.17) is 10.1 Å². The van der Waals surface area contributed by atoms with Gasteiger partial charge in [0.15, 0.2) is 0 Å². The fraction of sp³-hybridized carbons (Fsp3) is 0.667. The van der Waals surface area contributed by atoms with E-state index in [1.165, 1.54) is 7.11 Å². The highest BCUT2D eigenvalue weighted by atomic mass is 16.5. The number of nitrogens with one attached hydrogen (secondary N) is 1. The molecule has 0 aromatic rings. The maximum atomic E-state index is 7.10. The molecule has 3 nitrogen and oxygen atoms in total. The van der Waals surface area contributed by atoms with Crippen LogP contribution in [0.15, 0.2) is 4.99 Å². The molecule has 0 fully saturated rings. The summed E-state index contributed by atoms with van der Waals surface area (Å²) in [7, 11) is 1.52. The van der Waals surface area contributed by atoms with Crippen LogP contribution in [0.4, 0.5) is 0 Å². The van der Waals surface area contributed by atoms with Gasteiger partial charge in [-0.15, -0.1) is 0 Å². The largest absolute Gasteiger partial charge is 0.480 e. The maximum Gasteiger partial charge on any atom is 0.229 e. The van der Waals surface area contributed by atoms with Gasteiger partial charge in [-0.05, 0) is 13.8 Å². The average Bonchev–Trinajstić information content (AvgIpc) is 1.82. The van der Waals surface area contributed by atoms with Gasteiger partial charge in [0, 0.05) is 6.54 Å². The molecule has 0 aliphatic heterocycles. The van der Waals surface area contributed by atoms with Crippen molar-refractivity contribution in [2.24, 2.45) is 4.99 Å². The Morgan fingerprint density at radius 2 is 2.22 bits per heavy atom. The molecule has 0 aromatic heterocycles. The first-order chi connectivity index (χ1) is 4.22. The number of aliphatic imine (C=N–C) groups is 1. The molecular formula is C6H12N2O. The van der Waals surface area contributed by atoms with Crippen LogP contribution in [0.3, 0.4) is 0 Å². The third-order valence-electron chi connectivity index (χ3n) is 0.816. The molecule has 0 saturated heterocycles. The number of ether oxygens (including phenoxy) is 1. The molecule has 9 heavy (non-hydrogen) atoms. The Hall–Kier alpha value is -0.860. The van der Waals surface area contributed by atoms with Crippen LogP contribution in [-0.4, -0.2) is 25.3 Å². The van der Waals surface area contributed by atoms with Crippen LogP contribution in [0.25, 0.3) is 0 Å². The number of nitrogens with zero attached hydrogens (tertiary/aromatic N) is 1. The van der Waals surface area contributed by atoms with Crippen molar-refractivity contribution in [3.05, 3.63) is 0 Å². The summed E-state index contributed by atoms with van der Waals surface area (Å²) in [6.45, 7) is 4.22. The Balaban J connectivity index is 3.98. The van der Waals surface area contributed by atoms with E-state index < -0.39 is 0 Å². The molecule has 3 heteroatoms. The van der Waals surface area contributed by atoms with Crippen LogP contribution in [0, 0.1) is 5.41 Å². The van der Waals surface area contributed by atoms with E-state index in [1.807, 2.05) is 6.92 Å². The zero-order valence-electron chi connectivity index (χ0n) is 6.06. The second-order valence-corrected chi connectivity index (χ2v) is 1.61. The van der Waals surface area contributed by atoms with Gasteiger partial charge in [-0.2, -0.15) is 0 Å². The number of rotatable bonds is 2. The fourth-order valence-electron chi connectivity index (χ4n) is 0.480. The Bertz CT molecular complexity index is 129. The van der Waals surface area contributed by atoms with Gasteiger partial charge in [-0.1, -0.05) is 0 Å². The second kappa shape index (κ2) is 4.06. The molecule has 0 amide bonds. The van der Waals surface area contributed by atoms with Gasteiger partial charge in [-0.3, -0.25) is 4.99 Å². The van der Waals surface area contributed by atoms with Crippen molar-refractivity contribution < 1.29 is 4.74 Å². The SMILES string of the molecule is CC/N=C(/OC)C(C)=N. The third kappa shape index (κ3) is 2.85. The zero-order chi connectivity index (χ0) is 7.28. The predicted octanol–water partition coefficient (Wildman–Crippen LogP) is 1.09. The quantitative estimate of drug-likeness (QED) is 0.439. The van der Waals surface area contributed by atoms with Crippen molar-refractivity contribution in [1.29, 1.82) is 5.41 Å². The molecule has 0 aliphatic carbocycles. The zero-order valence-corrected chi connectivity index (χ0v) is 6.06. The summed E-state index contributed by atoms with van der Waals surface area (Å²) in [4.78, 5) is 3.91. The van der Waals surface area contributed by atoms with Crippen LogP contribution in [0.1, 0.15) is 13.8 Å². The molecule has 1 N–H and O–H groups in total. The first kappa shape index (κ1) is 8.14. The fourth-order valence-corrected chi connectivity index (χ4v) is 0.480. The maximum absolute atomic E-state index is 7.10. The van der Waals surface area contributed by atoms with E-state index in [9.17, 15) is 0 Å². The summed E-state index contributed by atoms with van der Waals surface area (Å²) < 4.78 is 4.78. The number of hydrogen-bond acceptors (Lipinski definition) is 3. The molecule has 0 heterocycles. The van der Waals surface area contributed by atoms with Gasteiger partial charge >= 0.3 is 0 Å². The van der Waals surface area contributed by atoms with E-state index in [2.05, 4.69) is 4.99 Å². The third-order valence-corrected chi connectivity index (χ3v) is 0.816. The van der Waals surface area contributed by atoms with E-state index in [0.717, 1.165) is 0 Å². The highest BCUT2D eigenvalue weighted by Crippen LogP contribution is 1.82. The number of hydrogen-bond donors (Lipinski definition) is 1. The van der Waals surface area contributed by atoms with Crippen molar-refractivity contribution in [3.8, 4) is 0 Å². The molecule has 0 bridgehead atoms. The molecule has 0 saturated carbocycles. The van der Waals surface area contributed by atoms with Gasteiger partial charge < -0.3 is 10.1 Å². The van der Waals surface area contributed by atoms with Crippen LogP contribution in [0.2, 0.25) is 0 Å². The lowest BCUT2D eigenvalue weighted by Gasteiger charge is -1.99. The second-order valence-electron chi connectivity index (χ2n) is 1.61. The van der Waals surface area contributed by atoms with Crippen LogP contribution in [0.5, 0.6) is 0 Å². The van der Waals surface area contributed by atoms with Gasteiger partial charge in [-0.25, -0.2) is 0 Å². The van der Waals surface area contributed by atoms with E-state index in [0.29, 0.717) is 18.2 Å². The molecule has 52 valence electrons. The molecule has 0 aliphatic rings. The summed E-state index contributed by atoms with van der Waals surface area (Å²) in [5, 5.41) is 7.10. The number of methoxy groups -OCH3 is 1.